The third kappa shape index (κ3) is 2.40. The van der Waals surface area contributed by atoms with Gasteiger partial charge in [0.15, 0.2) is 0 Å². The van der Waals surface area contributed by atoms with Crippen LogP contribution in [0.4, 0.5) is 0 Å². The Morgan fingerprint density at radius 3 is 2.00 bits per heavy atom. The normalized spacial score (nSPS) is 11.7. The van der Waals surface area contributed by atoms with Crippen LogP contribution >= 0.6 is 0 Å². The van der Waals surface area contributed by atoms with E-state index in [1.807, 2.05) is 13.8 Å². The van der Waals surface area contributed by atoms with Gasteiger partial charge in [-0.05, 0) is 26.8 Å². The van der Waals surface area contributed by atoms with E-state index < -0.39 is 0 Å². The smallest absolute Gasteiger partial charge is 0.242 e. The maximum atomic E-state index is 10.8. The molecule has 0 atom stereocenters. The lowest BCUT2D eigenvalue weighted by Gasteiger charge is -2.15. The van der Waals surface area contributed by atoms with Crippen LogP contribution in [0.1, 0.15) is 20.8 Å². The molecule has 2 nitrogen and oxygen atoms in total. The zero-order valence-corrected chi connectivity index (χ0v) is 6.35. The van der Waals surface area contributed by atoms with E-state index in [-0.39, 0.29) is 5.88 Å². The monoisotopic (exact) mass is 128 g/mol. The standard InChI is InChI=1S/C7H14NO/c1-4-7(9)8(5-2)6-3/h4H,5-6H2,1-3H3. The number of hydrogen-bond donors (Lipinski definition) is 0. The summed E-state index contributed by atoms with van der Waals surface area (Å²) in [5.41, 5.74) is 0. The molecule has 0 aromatic carbocycles. The molecule has 0 spiro atoms. The molecule has 0 aliphatic rings. The first-order chi connectivity index (χ1) is 4.26. The second-order valence-electron chi connectivity index (χ2n) is 1.80. The summed E-state index contributed by atoms with van der Waals surface area (Å²) in [6, 6.07) is 0. The van der Waals surface area contributed by atoms with E-state index in [4.69, 9.17) is 0 Å². The quantitative estimate of drug-likeness (QED) is 0.530. The van der Waals surface area contributed by atoms with Gasteiger partial charge in [-0.1, -0.05) is 0 Å². The Kier molecular flexibility index (Phi) is 3.93. The third-order valence-electron chi connectivity index (χ3n) is 1.32. The second-order valence-corrected chi connectivity index (χ2v) is 1.80. The summed E-state index contributed by atoms with van der Waals surface area (Å²) in [6.45, 7) is 7.33. The van der Waals surface area contributed by atoms with Crippen molar-refractivity contribution in [2.24, 2.45) is 0 Å². The van der Waals surface area contributed by atoms with Crippen molar-refractivity contribution < 1.29 is 5.11 Å². The van der Waals surface area contributed by atoms with E-state index >= 15 is 0 Å². The molecule has 0 unspecified atom stereocenters. The lowest BCUT2D eigenvalue weighted by molar-refractivity contribution is 0.155. The fourth-order valence-corrected chi connectivity index (χ4v) is 0.718. The summed E-state index contributed by atoms with van der Waals surface area (Å²) in [6.07, 6.45) is 1.59. The van der Waals surface area contributed by atoms with E-state index in [1.54, 1.807) is 17.9 Å². The summed E-state index contributed by atoms with van der Waals surface area (Å²) in [5.74, 6) is 0.125. The Morgan fingerprint density at radius 2 is 1.89 bits per heavy atom. The lowest BCUT2D eigenvalue weighted by Crippen LogP contribution is -2.20. The first kappa shape index (κ1) is 8.34. The van der Waals surface area contributed by atoms with Crippen LogP contribution in [0.3, 0.4) is 0 Å². The summed E-state index contributed by atoms with van der Waals surface area (Å²) in [7, 11) is 0. The van der Waals surface area contributed by atoms with Crippen molar-refractivity contribution in [1.82, 2.24) is 4.90 Å². The van der Waals surface area contributed by atoms with Gasteiger partial charge in [-0.3, -0.25) is 5.11 Å². The van der Waals surface area contributed by atoms with Crippen molar-refractivity contribution in [2.45, 2.75) is 20.8 Å². The Balaban J connectivity index is 3.79. The predicted molar refractivity (Wildman–Crippen MR) is 37.4 cm³/mol. The molecule has 0 aromatic rings. The highest BCUT2D eigenvalue weighted by atomic mass is 16.3. The highest BCUT2D eigenvalue weighted by Crippen LogP contribution is 1.98. The van der Waals surface area contributed by atoms with Crippen molar-refractivity contribution >= 4 is 0 Å². The lowest BCUT2D eigenvalue weighted by atomic mass is 10.5. The molecule has 0 aromatic heterocycles. The van der Waals surface area contributed by atoms with Crippen LogP contribution in [0.2, 0.25) is 0 Å². The minimum absolute atomic E-state index is 0.125. The van der Waals surface area contributed by atoms with Crippen LogP contribution < -0.4 is 0 Å². The average Bonchev–Trinajstić information content (AvgIpc) is 1.90. The van der Waals surface area contributed by atoms with Gasteiger partial charge >= 0.3 is 0 Å². The Morgan fingerprint density at radius 1 is 1.44 bits per heavy atom. The molecule has 9 heavy (non-hydrogen) atoms. The van der Waals surface area contributed by atoms with Crippen LogP contribution in [0.5, 0.6) is 0 Å². The van der Waals surface area contributed by atoms with Crippen LogP contribution in [0, 0.1) is 0 Å². The molecule has 0 amide bonds. The minimum atomic E-state index is 0.125. The van der Waals surface area contributed by atoms with Crippen molar-refractivity contribution in [2.75, 3.05) is 13.1 Å². The van der Waals surface area contributed by atoms with E-state index in [0.29, 0.717) is 0 Å². The molecule has 0 aliphatic carbocycles. The van der Waals surface area contributed by atoms with Crippen LogP contribution in [0.25, 0.3) is 0 Å². The van der Waals surface area contributed by atoms with E-state index in [9.17, 15) is 5.11 Å². The molecular formula is C7H14NO. The van der Waals surface area contributed by atoms with Crippen molar-refractivity contribution in [3.05, 3.63) is 12.0 Å². The number of hydrogen-bond acceptors (Lipinski definition) is 1. The molecule has 1 radical (unpaired) electrons. The van der Waals surface area contributed by atoms with Gasteiger partial charge < -0.3 is 4.90 Å². The number of allylic oxidation sites excluding steroid dienone is 1. The summed E-state index contributed by atoms with van der Waals surface area (Å²) >= 11 is 0. The van der Waals surface area contributed by atoms with Crippen LogP contribution in [-0.4, -0.2) is 18.0 Å². The molecular weight excluding hydrogens is 114 g/mol. The highest BCUT2D eigenvalue weighted by Gasteiger charge is 2.01. The van der Waals surface area contributed by atoms with Gasteiger partial charge in [0, 0.05) is 13.1 Å². The summed E-state index contributed by atoms with van der Waals surface area (Å²) < 4.78 is 0. The second kappa shape index (κ2) is 4.24. The van der Waals surface area contributed by atoms with Gasteiger partial charge in [-0.2, -0.15) is 0 Å². The van der Waals surface area contributed by atoms with Crippen molar-refractivity contribution in [3.63, 3.8) is 0 Å². The molecule has 0 fully saturated rings. The maximum Gasteiger partial charge on any atom is 0.242 e. The number of nitrogens with zero attached hydrogens (tertiary/aromatic N) is 1. The third-order valence-corrected chi connectivity index (χ3v) is 1.32. The van der Waals surface area contributed by atoms with E-state index in [0.717, 1.165) is 13.1 Å². The largest absolute Gasteiger partial charge is 0.340 e. The molecule has 0 heterocycles. The fraction of sp³-hybridized carbons (Fsp3) is 0.714. The maximum absolute atomic E-state index is 10.8. The minimum Gasteiger partial charge on any atom is -0.340 e. The Bertz CT molecular complexity index is 95.1. The topological polar surface area (TPSA) is 23.1 Å². The first-order valence-electron chi connectivity index (χ1n) is 3.34. The van der Waals surface area contributed by atoms with Gasteiger partial charge in [-0.25, -0.2) is 0 Å². The average molecular weight is 128 g/mol. The SMILES string of the molecule is CC=C([O])N(CC)CC. The van der Waals surface area contributed by atoms with Gasteiger partial charge in [0.05, 0.1) is 0 Å². The molecule has 0 rings (SSSR count). The highest BCUT2D eigenvalue weighted by molar-refractivity contribution is 4.85. The molecule has 0 bridgehead atoms. The Labute approximate surface area is 56.8 Å². The molecule has 2 heteroatoms. The van der Waals surface area contributed by atoms with E-state index in [2.05, 4.69) is 0 Å². The van der Waals surface area contributed by atoms with Crippen molar-refractivity contribution in [1.29, 1.82) is 0 Å². The summed E-state index contributed by atoms with van der Waals surface area (Å²) in [4.78, 5) is 1.78. The zero-order chi connectivity index (χ0) is 7.28. The van der Waals surface area contributed by atoms with Gasteiger partial charge in [-0.15, -0.1) is 0 Å². The zero-order valence-electron chi connectivity index (χ0n) is 6.35. The van der Waals surface area contributed by atoms with Gasteiger partial charge in [0.25, 0.3) is 0 Å². The predicted octanol–water partition coefficient (Wildman–Crippen LogP) is 1.62. The van der Waals surface area contributed by atoms with E-state index in [1.165, 1.54) is 0 Å². The van der Waals surface area contributed by atoms with Crippen molar-refractivity contribution in [3.8, 4) is 0 Å². The van der Waals surface area contributed by atoms with Gasteiger partial charge in [0.1, 0.15) is 0 Å². The molecule has 53 valence electrons. The molecule has 0 aliphatic heterocycles. The molecule has 0 saturated heterocycles. The summed E-state index contributed by atoms with van der Waals surface area (Å²) in [5, 5.41) is 10.8. The van der Waals surface area contributed by atoms with Gasteiger partial charge in [0.2, 0.25) is 5.88 Å². The van der Waals surface area contributed by atoms with Crippen LogP contribution in [-0.2, 0) is 5.11 Å². The number of rotatable bonds is 3. The first-order valence-corrected chi connectivity index (χ1v) is 3.34. The molecule has 0 saturated carbocycles. The van der Waals surface area contributed by atoms with Crippen LogP contribution in [0.15, 0.2) is 12.0 Å². The fourth-order valence-electron chi connectivity index (χ4n) is 0.718. The Hall–Kier alpha value is -0.660. The molecule has 0 N–H and O–H groups in total.